The quantitative estimate of drug-likeness (QED) is 0.585. The first-order chi connectivity index (χ1) is 8.38. The zero-order valence-electron chi connectivity index (χ0n) is 9.99. The smallest absolute Gasteiger partial charge is 0.273 e. The van der Waals surface area contributed by atoms with Gasteiger partial charge in [-0.25, -0.2) is 8.42 Å². The van der Waals surface area contributed by atoms with Crippen LogP contribution in [0.1, 0.15) is 22.6 Å². The summed E-state index contributed by atoms with van der Waals surface area (Å²) in [7, 11) is 2.79. The third-order valence-electron chi connectivity index (χ3n) is 2.16. The van der Waals surface area contributed by atoms with E-state index < -0.39 is 15.0 Å². The van der Waals surface area contributed by atoms with Crippen molar-refractivity contribution in [1.82, 2.24) is 15.5 Å². The molecule has 0 radical (unpaired) electrons. The monoisotopic (exact) mass is 295 g/mol. The average Bonchev–Trinajstić information content (AvgIpc) is 2.66. The highest BCUT2D eigenvalue weighted by molar-refractivity contribution is 8.13. The van der Waals surface area contributed by atoms with Gasteiger partial charge in [-0.2, -0.15) is 5.10 Å². The molecule has 0 atom stereocenters. The minimum Gasteiger partial charge on any atom is -0.385 e. The Labute approximate surface area is 109 Å². The number of carbonyl (C=O) groups excluding carboxylic acids is 1. The summed E-state index contributed by atoms with van der Waals surface area (Å²) in [6, 6.07) is 0. The predicted octanol–water partition coefficient (Wildman–Crippen LogP) is 0.412. The van der Waals surface area contributed by atoms with E-state index in [1.165, 1.54) is 6.92 Å². The van der Waals surface area contributed by atoms with Crippen LogP contribution in [0.5, 0.6) is 0 Å². The van der Waals surface area contributed by atoms with E-state index in [-0.39, 0.29) is 16.3 Å². The van der Waals surface area contributed by atoms with Crippen LogP contribution in [-0.4, -0.2) is 44.8 Å². The van der Waals surface area contributed by atoms with Crippen LogP contribution in [0.4, 0.5) is 0 Å². The number of halogens is 1. The normalized spacial score (nSPS) is 11.5. The van der Waals surface area contributed by atoms with Crippen molar-refractivity contribution in [2.45, 2.75) is 18.2 Å². The topological polar surface area (TPSA) is 101 Å². The maximum absolute atomic E-state index is 11.7. The Morgan fingerprint density at radius 2 is 2.22 bits per heavy atom. The maximum Gasteiger partial charge on any atom is 0.273 e. The molecule has 0 bridgehead atoms. The average molecular weight is 296 g/mol. The second-order valence-electron chi connectivity index (χ2n) is 3.57. The van der Waals surface area contributed by atoms with Crippen LogP contribution in [0.2, 0.25) is 0 Å². The molecule has 0 aliphatic carbocycles. The molecule has 7 nitrogen and oxygen atoms in total. The molecular formula is C9H14ClN3O4S. The molecule has 0 aliphatic rings. The van der Waals surface area contributed by atoms with Crippen LogP contribution in [0.3, 0.4) is 0 Å². The van der Waals surface area contributed by atoms with Crippen LogP contribution in [0.25, 0.3) is 0 Å². The van der Waals surface area contributed by atoms with Gasteiger partial charge in [0.25, 0.3) is 15.0 Å². The van der Waals surface area contributed by atoms with Crippen LogP contribution in [0, 0.1) is 6.92 Å². The third-order valence-corrected chi connectivity index (χ3v) is 3.61. The van der Waals surface area contributed by atoms with Gasteiger partial charge < -0.3 is 10.1 Å². The van der Waals surface area contributed by atoms with Crippen LogP contribution in [0.15, 0.2) is 4.90 Å². The molecule has 9 heteroatoms. The number of aryl methyl sites for hydroxylation is 1. The summed E-state index contributed by atoms with van der Waals surface area (Å²) in [4.78, 5) is 11.4. The van der Waals surface area contributed by atoms with Crippen molar-refractivity contribution in [3.05, 3.63) is 11.4 Å². The molecule has 1 aromatic heterocycles. The second kappa shape index (κ2) is 6.17. The molecule has 0 saturated carbocycles. The van der Waals surface area contributed by atoms with E-state index in [2.05, 4.69) is 15.5 Å². The van der Waals surface area contributed by atoms with Gasteiger partial charge >= 0.3 is 0 Å². The number of nitrogens with one attached hydrogen (secondary N) is 2. The molecule has 1 heterocycles. The zero-order valence-corrected chi connectivity index (χ0v) is 11.6. The summed E-state index contributed by atoms with van der Waals surface area (Å²) in [6.07, 6.45) is 0.620. The second-order valence-corrected chi connectivity index (χ2v) is 6.07. The van der Waals surface area contributed by atoms with Gasteiger partial charge in [-0.05, 0) is 13.3 Å². The van der Waals surface area contributed by atoms with E-state index in [9.17, 15) is 13.2 Å². The summed E-state index contributed by atoms with van der Waals surface area (Å²) in [5, 5.41) is 8.61. The number of amides is 1. The van der Waals surface area contributed by atoms with E-state index in [4.69, 9.17) is 15.4 Å². The maximum atomic E-state index is 11.7. The molecule has 2 N–H and O–H groups in total. The van der Waals surface area contributed by atoms with Crippen LogP contribution >= 0.6 is 10.7 Å². The molecule has 0 fully saturated rings. The Hall–Kier alpha value is -1.12. The summed E-state index contributed by atoms with van der Waals surface area (Å²) < 4.78 is 27.5. The lowest BCUT2D eigenvalue weighted by Crippen LogP contribution is -2.26. The van der Waals surface area contributed by atoms with Gasteiger partial charge in [0.15, 0.2) is 5.69 Å². The standard InChI is InChI=1S/C9H14ClN3O4S/c1-6-8(18(10,15)16)7(13-12-6)9(14)11-4-3-5-17-2/h3-5H2,1-2H3,(H,11,14)(H,12,13). The summed E-state index contributed by atoms with van der Waals surface area (Å²) >= 11 is 0. The predicted molar refractivity (Wildman–Crippen MR) is 65.2 cm³/mol. The molecule has 0 aliphatic heterocycles. The van der Waals surface area contributed by atoms with E-state index in [1.807, 2.05) is 0 Å². The van der Waals surface area contributed by atoms with Crippen molar-refractivity contribution < 1.29 is 17.9 Å². The first-order valence-corrected chi connectivity index (χ1v) is 7.45. The summed E-state index contributed by atoms with van der Waals surface area (Å²) in [5.74, 6) is -0.588. The highest BCUT2D eigenvalue weighted by Crippen LogP contribution is 2.21. The highest BCUT2D eigenvalue weighted by atomic mass is 35.7. The van der Waals surface area contributed by atoms with Crippen molar-refractivity contribution in [1.29, 1.82) is 0 Å². The lowest BCUT2D eigenvalue weighted by atomic mass is 10.3. The number of hydrogen-bond acceptors (Lipinski definition) is 5. The molecule has 0 unspecified atom stereocenters. The molecule has 0 saturated heterocycles. The number of ether oxygens (including phenoxy) is 1. The minimum atomic E-state index is -4.01. The molecule has 102 valence electrons. The number of rotatable bonds is 6. The van der Waals surface area contributed by atoms with Crippen LogP contribution in [-0.2, 0) is 13.8 Å². The lowest BCUT2D eigenvalue weighted by molar-refractivity contribution is 0.0940. The molecule has 1 amide bonds. The van der Waals surface area contributed by atoms with Gasteiger partial charge in [0.2, 0.25) is 0 Å². The van der Waals surface area contributed by atoms with Crippen molar-refractivity contribution in [2.75, 3.05) is 20.3 Å². The summed E-state index contributed by atoms with van der Waals surface area (Å²) in [6.45, 7) is 2.34. The number of hydrogen-bond donors (Lipinski definition) is 2. The Morgan fingerprint density at radius 1 is 1.56 bits per heavy atom. The fourth-order valence-corrected chi connectivity index (χ4v) is 2.72. The van der Waals surface area contributed by atoms with Crippen molar-refractivity contribution in [3.8, 4) is 0 Å². The first-order valence-electron chi connectivity index (χ1n) is 5.14. The van der Waals surface area contributed by atoms with Gasteiger partial charge in [-0.3, -0.25) is 9.89 Å². The Kier molecular flexibility index (Phi) is 5.12. The Bertz CT molecular complexity index is 526. The van der Waals surface area contributed by atoms with E-state index >= 15 is 0 Å². The van der Waals surface area contributed by atoms with Gasteiger partial charge in [0.1, 0.15) is 4.90 Å². The van der Waals surface area contributed by atoms with E-state index in [1.54, 1.807) is 7.11 Å². The number of methoxy groups -OCH3 is 1. The van der Waals surface area contributed by atoms with E-state index in [0.717, 1.165) is 0 Å². The number of carbonyl (C=O) groups is 1. The lowest BCUT2D eigenvalue weighted by Gasteiger charge is -2.03. The fourth-order valence-electron chi connectivity index (χ4n) is 1.37. The van der Waals surface area contributed by atoms with Crippen molar-refractivity contribution in [3.63, 3.8) is 0 Å². The number of aromatic amines is 1. The Balaban J connectivity index is 2.81. The highest BCUT2D eigenvalue weighted by Gasteiger charge is 2.26. The SMILES string of the molecule is COCCCNC(=O)c1n[nH]c(C)c1S(=O)(=O)Cl. The van der Waals surface area contributed by atoms with Gasteiger partial charge in [-0.1, -0.05) is 0 Å². The zero-order chi connectivity index (χ0) is 13.8. The first kappa shape index (κ1) is 14.9. The molecule has 0 aromatic carbocycles. The van der Waals surface area contributed by atoms with Gasteiger partial charge in [-0.15, -0.1) is 0 Å². The van der Waals surface area contributed by atoms with Gasteiger partial charge in [0.05, 0.1) is 5.69 Å². The Morgan fingerprint density at radius 3 is 2.78 bits per heavy atom. The molecule has 0 spiro atoms. The van der Waals surface area contributed by atoms with Crippen LogP contribution < -0.4 is 5.32 Å². The van der Waals surface area contributed by atoms with Crippen molar-refractivity contribution >= 4 is 25.6 Å². The van der Waals surface area contributed by atoms with Crippen molar-refractivity contribution in [2.24, 2.45) is 0 Å². The number of aromatic nitrogens is 2. The molecule has 18 heavy (non-hydrogen) atoms. The number of H-pyrrole nitrogens is 1. The summed E-state index contributed by atoms with van der Waals surface area (Å²) in [5.41, 5.74) is 0.00644. The largest absolute Gasteiger partial charge is 0.385 e. The molecular weight excluding hydrogens is 282 g/mol. The third kappa shape index (κ3) is 3.69. The van der Waals surface area contributed by atoms with E-state index in [0.29, 0.717) is 19.6 Å². The fraction of sp³-hybridized carbons (Fsp3) is 0.556. The molecule has 1 rings (SSSR count). The minimum absolute atomic E-state index is 0.222. The number of nitrogens with zero attached hydrogens (tertiary/aromatic N) is 1. The molecule has 1 aromatic rings. The van der Waals surface area contributed by atoms with Gasteiger partial charge in [0, 0.05) is 30.9 Å².